The van der Waals surface area contributed by atoms with Gasteiger partial charge in [-0.15, -0.1) is 0 Å². The summed E-state index contributed by atoms with van der Waals surface area (Å²) in [5.74, 6) is 0.383. The average molecular weight is 341 g/mol. The highest BCUT2D eigenvalue weighted by Crippen LogP contribution is 2.47. The van der Waals surface area contributed by atoms with E-state index in [0.29, 0.717) is 30.7 Å². The number of carbonyl (C=O) groups excluding carboxylic acids is 1. The fraction of sp³-hybridized carbons (Fsp3) is 0.316. The molecule has 0 fully saturated rings. The average Bonchev–Trinajstić information content (AvgIpc) is 2.61. The van der Waals surface area contributed by atoms with Crippen LogP contribution < -0.4 is 9.47 Å². The van der Waals surface area contributed by atoms with Crippen LogP contribution >= 0.6 is 0 Å². The van der Waals surface area contributed by atoms with Crippen molar-refractivity contribution in [2.45, 2.75) is 18.9 Å². The Bertz CT molecular complexity index is 877. The zero-order valence-corrected chi connectivity index (χ0v) is 14.1. The predicted octanol–water partition coefficient (Wildman–Crippen LogP) is 2.41. The van der Waals surface area contributed by atoms with Crippen molar-refractivity contribution in [2.75, 3.05) is 20.8 Å². The molecular weight excluding hydrogens is 322 g/mol. The number of phenolic OH excluding ortho intramolecular Hbond substituents is 2. The van der Waals surface area contributed by atoms with Crippen LogP contribution in [-0.2, 0) is 12.8 Å². The smallest absolute Gasteiger partial charge is 0.258 e. The molecule has 0 bridgehead atoms. The first-order chi connectivity index (χ1) is 12.0. The number of aromatic hydroxyl groups is 2. The summed E-state index contributed by atoms with van der Waals surface area (Å²) < 4.78 is 10.5. The molecule has 0 aliphatic carbocycles. The van der Waals surface area contributed by atoms with Crippen molar-refractivity contribution >= 4 is 5.91 Å². The lowest BCUT2D eigenvalue weighted by Crippen LogP contribution is -2.44. The van der Waals surface area contributed by atoms with E-state index < -0.39 is 0 Å². The molecule has 0 radical (unpaired) electrons. The second-order valence-electron chi connectivity index (χ2n) is 6.35. The summed E-state index contributed by atoms with van der Waals surface area (Å²) in [6.07, 6.45) is 1.29. The van der Waals surface area contributed by atoms with E-state index in [-0.39, 0.29) is 29.2 Å². The zero-order chi connectivity index (χ0) is 17.7. The first-order valence-corrected chi connectivity index (χ1v) is 8.14. The van der Waals surface area contributed by atoms with Gasteiger partial charge in [-0.2, -0.15) is 0 Å². The largest absolute Gasteiger partial charge is 0.508 e. The molecule has 1 amide bonds. The van der Waals surface area contributed by atoms with Gasteiger partial charge >= 0.3 is 0 Å². The van der Waals surface area contributed by atoms with Crippen LogP contribution in [0.2, 0.25) is 0 Å². The van der Waals surface area contributed by atoms with Crippen LogP contribution in [0.4, 0.5) is 0 Å². The van der Waals surface area contributed by atoms with Crippen LogP contribution in [0.1, 0.15) is 33.1 Å². The van der Waals surface area contributed by atoms with E-state index >= 15 is 0 Å². The molecule has 2 heterocycles. The molecule has 6 heteroatoms. The minimum Gasteiger partial charge on any atom is -0.508 e. The molecule has 2 N–H and O–H groups in total. The van der Waals surface area contributed by atoms with Gasteiger partial charge in [-0.25, -0.2) is 0 Å². The van der Waals surface area contributed by atoms with E-state index in [0.717, 1.165) is 16.7 Å². The Hall–Kier alpha value is -2.89. The summed E-state index contributed by atoms with van der Waals surface area (Å²) >= 11 is 0. The Morgan fingerprint density at radius 2 is 1.92 bits per heavy atom. The van der Waals surface area contributed by atoms with E-state index in [1.54, 1.807) is 18.2 Å². The first kappa shape index (κ1) is 15.6. The molecule has 130 valence electrons. The van der Waals surface area contributed by atoms with Crippen LogP contribution in [0.5, 0.6) is 23.0 Å². The van der Waals surface area contributed by atoms with Crippen molar-refractivity contribution in [3.8, 4) is 23.0 Å². The van der Waals surface area contributed by atoms with Crippen molar-refractivity contribution in [3.05, 3.63) is 46.5 Å². The number of fused-ring (bicyclic) bond motifs is 4. The van der Waals surface area contributed by atoms with Gasteiger partial charge in [0.25, 0.3) is 5.91 Å². The van der Waals surface area contributed by atoms with Gasteiger partial charge in [0.15, 0.2) is 11.5 Å². The van der Waals surface area contributed by atoms with Gasteiger partial charge in [0.05, 0.1) is 25.8 Å². The van der Waals surface area contributed by atoms with Crippen molar-refractivity contribution in [1.82, 2.24) is 4.90 Å². The van der Waals surface area contributed by atoms with E-state index in [1.165, 1.54) is 14.2 Å². The van der Waals surface area contributed by atoms with Gasteiger partial charge in [0, 0.05) is 6.54 Å². The Morgan fingerprint density at radius 1 is 1.12 bits per heavy atom. The number of benzene rings is 2. The molecule has 1 atom stereocenters. The molecule has 2 aliphatic rings. The molecule has 0 saturated carbocycles. The SMILES string of the molecule is COc1cc2c(c(OC)c1O)C(=O)N1CCc3cc(O)ccc3[C@@H]1C2. The second kappa shape index (κ2) is 5.58. The maximum Gasteiger partial charge on any atom is 0.258 e. The number of hydrogen-bond acceptors (Lipinski definition) is 5. The number of hydrogen-bond donors (Lipinski definition) is 2. The number of methoxy groups -OCH3 is 2. The highest BCUT2D eigenvalue weighted by atomic mass is 16.5. The van der Waals surface area contributed by atoms with E-state index in [9.17, 15) is 15.0 Å². The van der Waals surface area contributed by atoms with Crippen LogP contribution in [0.15, 0.2) is 24.3 Å². The summed E-state index contributed by atoms with van der Waals surface area (Å²) in [6, 6.07) is 6.92. The minimum absolute atomic E-state index is 0.0942. The number of carbonyl (C=O) groups is 1. The standard InChI is InChI=1S/C19H19NO5/c1-24-15-9-11-8-14-13-4-3-12(21)7-10(13)5-6-20(14)19(23)16(11)18(25-2)17(15)22/h3-4,7,9,14,21-22H,5-6,8H2,1-2H3/t14-/m0/s1. The van der Waals surface area contributed by atoms with E-state index in [1.807, 2.05) is 11.0 Å². The van der Waals surface area contributed by atoms with Crippen LogP contribution in [0.25, 0.3) is 0 Å². The zero-order valence-electron chi connectivity index (χ0n) is 14.1. The van der Waals surface area contributed by atoms with Crippen LogP contribution in [-0.4, -0.2) is 41.8 Å². The molecule has 2 aromatic rings. The third-order valence-electron chi connectivity index (χ3n) is 5.10. The minimum atomic E-state index is -0.155. The van der Waals surface area contributed by atoms with Crippen LogP contribution in [0, 0.1) is 0 Å². The molecule has 0 aromatic heterocycles. The summed E-state index contributed by atoms with van der Waals surface area (Å²) in [5, 5.41) is 20.0. The lowest BCUT2D eigenvalue weighted by atomic mass is 9.83. The summed E-state index contributed by atoms with van der Waals surface area (Å²) in [4.78, 5) is 14.9. The Kier molecular flexibility index (Phi) is 3.49. The van der Waals surface area contributed by atoms with E-state index in [2.05, 4.69) is 0 Å². The van der Waals surface area contributed by atoms with Gasteiger partial charge in [0.1, 0.15) is 5.75 Å². The summed E-state index contributed by atoms with van der Waals surface area (Å²) in [5.41, 5.74) is 3.31. The molecule has 2 aliphatic heterocycles. The predicted molar refractivity (Wildman–Crippen MR) is 90.5 cm³/mol. The second-order valence-corrected chi connectivity index (χ2v) is 6.35. The fourth-order valence-corrected chi connectivity index (χ4v) is 3.94. The highest BCUT2D eigenvalue weighted by Gasteiger charge is 2.40. The number of rotatable bonds is 2. The normalized spacial score (nSPS) is 18.2. The topological polar surface area (TPSA) is 79.2 Å². The summed E-state index contributed by atoms with van der Waals surface area (Å²) in [7, 11) is 2.90. The summed E-state index contributed by atoms with van der Waals surface area (Å²) in [6.45, 7) is 0.565. The molecular formula is C19H19NO5. The number of ether oxygens (including phenoxy) is 2. The molecule has 4 rings (SSSR count). The van der Waals surface area contributed by atoms with Gasteiger partial charge in [-0.1, -0.05) is 6.07 Å². The Morgan fingerprint density at radius 3 is 2.64 bits per heavy atom. The molecule has 6 nitrogen and oxygen atoms in total. The third kappa shape index (κ3) is 2.21. The maximum absolute atomic E-state index is 13.1. The number of phenols is 2. The monoisotopic (exact) mass is 341 g/mol. The molecule has 25 heavy (non-hydrogen) atoms. The van der Waals surface area contributed by atoms with Gasteiger partial charge in [-0.05, 0) is 47.7 Å². The molecule has 0 unspecified atom stereocenters. The molecule has 0 spiro atoms. The van der Waals surface area contributed by atoms with Gasteiger partial charge in [-0.3, -0.25) is 4.79 Å². The third-order valence-corrected chi connectivity index (χ3v) is 5.10. The number of nitrogens with zero attached hydrogens (tertiary/aromatic N) is 1. The van der Waals surface area contributed by atoms with Crippen molar-refractivity contribution in [2.24, 2.45) is 0 Å². The first-order valence-electron chi connectivity index (χ1n) is 8.14. The van der Waals surface area contributed by atoms with Crippen molar-refractivity contribution < 1.29 is 24.5 Å². The quantitative estimate of drug-likeness (QED) is 0.877. The van der Waals surface area contributed by atoms with E-state index in [4.69, 9.17) is 9.47 Å². The lowest BCUT2D eigenvalue weighted by Gasteiger charge is -2.41. The molecule has 2 aromatic carbocycles. The van der Waals surface area contributed by atoms with Gasteiger partial charge in [0.2, 0.25) is 5.75 Å². The molecule has 0 saturated heterocycles. The Balaban J connectivity index is 1.87. The Labute approximate surface area is 145 Å². The maximum atomic E-state index is 13.1. The van der Waals surface area contributed by atoms with Crippen molar-refractivity contribution in [3.63, 3.8) is 0 Å². The number of amides is 1. The van der Waals surface area contributed by atoms with Crippen molar-refractivity contribution in [1.29, 1.82) is 0 Å². The highest BCUT2D eigenvalue weighted by molar-refractivity contribution is 6.01. The van der Waals surface area contributed by atoms with Crippen LogP contribution in [0.3, 0.4) is 0 Å². The fourth-order valence-electron chi connectivity index (χ4n) is 3.94. The lowest BCUT2D eigenvalue weighted by molar-refractivity contribution is 0.0626. The van der Waals surface area contributed by atoms with Gasteiger partial charge < -0.3 is 24.6 Å².